The normalized spacial score (nSPS) is 17.0. The van der Waals surface area contributed by atoms with Crippen molar-refractivity contribution in [3.05, 3.63) is 23.8 Å². The van der Waals surface area contributed by atoms with Crippen LogP contribution in [0.5, 0.6) is 11.5 Å². The molecule has 3 amide bonds. The molecule has 1 aliphatic rings. The topological polar surface area (TPSA) is 71.1 Å². The van der Waals surface area contributed by atoms with E-state index in [2.05, 4.69) is 5.32 Å². The van der Waals surface area contributed by atoms with E-state index in [1.165, 1.54) is 0 Å². The standard InChI is InChI=1S/C18H27N3O4/c1-20(2)18(23)21-9-5-6-14(12-21)17(22)19-11-13-7-8-15(24-3)10-16(13)25-4/h7-8,10,14H,5-6,9,11-12H2,1-4H3,(H,19,22)/t14-/m0/s1. The molecule has 7 heteroatoms. The average molecular weight is 349 g/mol. The molecule has 1 aliphatic heterocycles. The van der Waals surface area contributed by atoms with Crippen molar-refractivity contribution in [1.82, 2.24) is 15.1 Å². The third kappa shape index (κ3) is 4.78. The van der Waals surface area contributed by atoms with E-state index < -0.39 is 0 Å². The maximum atomic E-state index is 12.5. The lowest BCUT2D eigenvalue weighted by molar-refractivity contribution is -0.126. The molecule has 1 fully saturated rings. The molecule has 1 aromatic rings. The molecule has 0 aliphatic carbocycles. The smallest absolute Gasteiger partial charge is 0.319 e. The van der Waals surface area contributed by atoms with Gasteiger partial charge in [-0.05, 0) is 25.0 Å². The number of hydrogen-bond donors (Lipinski definition) is 1. The summed E-state index contributed by atoms with van der Waals surface area (Å²) >= 11 is 0. The molecule has 7 nitrogen and oxygen atoms in total. The fourth-order valence-corrected chi connectivity index (χ4v) is 2.97. The predicted molar refractivity (Wildman–Crippen MR) is 94.8 cm³/mol. The first-order valence-electron chi connectivity index (χ1n) is 8.41. The summed E-state index contributed by atoms with van der Waals surface area (Å²) in [6.07, 6.45) is 1.63. The number of benzene rings is 1. The zero-order chi connectivity index (χ0) is 18.4. The predicted octanol–water partition coefficient (Wildman–Crippen LogP) is 1.71. The molecule has 2 rings (SSSR count). The van der Waals surface area contributed by atoms with Gasteiger partial charge in [0.2, 0.25) is 5.91 Å². The lowest BCUT2D eigenvalue weighted by Crippen LogP contribution is -2.48. The van der Waals surface area contributed by atoms with Gasteiger partial charge in [0.15, 0.2) is 0 Å². The van der Waals surface area contributed by atoms with Crippen molar-refractivity contribution in [2.45, 2.75) is 19.4 Å². The van der Waals surface area contributed by atoms with Gasteiger partial charge in [0.25, 0.3) is 0 Å². The number of piperidine rings is 1. The number of rotatable bonds is 5. The molecule has 1 saturated heterocycles. The van der Waals surface area contributed by atoms with Gasteiger partial charge in [-0.1, -0.05) is 0 Å². The number of nitrogens with one attached hydrogen (secondary N) is 1. The van der Waals surface area contributed by atoms with Crippen LogP contribution in [-0.4, -0.2) is 63.1 Å². The fraction of sp³-hybridized carbons (Fsp3) is 0.556. The van der Waals surface area contributed by atoms with Crippen LogP contribution >= 0.6 is 0 Å². The lowest BCUT2D eigenvalue weighted by Gasteiger charge is -2.33. The molecule has 1 aromatic carbocycles. The van der Waals surface area contributed by atoms with E-state index in [1.54, 1.807) is 44.2 Å². The van der Waals surface area contributed by atoms with Crippen molar-refractivity contribution in [2.75, 3.05) is 41.4 Å². The summed E-state index contributed by atoms with van der Waals surface area (Å²) in [4.78, 5) is 27.9. The first-order valence-corrected chi connectivity index (χ1v) is 8.41. The second-order valence-corrected chi connectivity index (χ2v) is 6.36. The van der Waals surface area contributed by atoms with Crippen LogP contribution in [0.2, 0.25) is 0 Å². The minimum atomic E-state index is -0.179. The molecule has 0 radical (unpaired) electrons. The second-order valence-electron chi connectivity index (χ2n) is 6.36. The summed E-state index contributed by atoms with van der Waals surface area (Å²) in [7, 11) is 6.63. The Labute approximate surface area is 148 Å². The van der Waals surface area contributed by atoms with E-state index in [4.69, 9.17) is 9.47 Å². The third-order valence-electron chi connectivity index (χ3n) is 4.39. The number of carbonyl (C=O) groups is 2. The first-order chi connectivity index (χ1) is 12.0. The van der Waals surface area contributed by atoms with Crippen LogP contribution < -0.4 is 14.8 Å². The summed E-state index contributed by atoms with van der Waals surface area (Å²) in [5.41, 5.74) is 0.883. The van der Waals surface area contributed by atoms with E-state index in [1.807, 2.05) is 12.1 Å². The Balaban J connectivity index is 1.95. The number of likely N-dealkylation sites (tertiary alicyclic amines) is 1. The summed E-state index contributed by atoms with van der Waals surface area (Å²) in [5, 5.41) is 2.96. The minimum Gasteiger partial charge on any atom is -0.497 e. The van der Waals surface area contributed by atoms with E-state index in [0.29, 0.717) is 31.1 Å². The highest BCUT2D eigenvalue weighted by Gasteiger charge is 2.29. The number of amides is 3. The zero-order valence-corrected chi connectivity index (χ0v) is 15.4. The molecule has 25 heavy (non-hydrogen) atoms. The van der Waals surface area contributed by atoms with Crippen LogP contribution in [-0.2, 0) is 11.3 Å². The number of ether oxygens (including phenoxy) is 2. The van der Waals surface area contributed by atoms with E-state index in [0.717, 1.165) is 18.4 Å². The molecular weight excluding hydrogens is 322 g/mol. The van der Waals surface area contributed by atoms with E-state index >= 15 is 0 Å². The van der Waals surface area contributed by atoms with E-state index in [-0.39, 0.29) is 17.9 Å². The molecule has 138 valence electrons. The first kappa shape index (κ1) is 18.9. The third-order valence-corrected chi connectivity index (χ3v) is 4.39. The summed E-state index contributed by atoms with van der Waals surface area (Å²) in [6.45, 7) is 1.54. The molecular formula is C18H27N3O4. The molecule has 0 saturated carbocycles. The summed E-state index contributed by atoms with van der Waals surface area (Å²) in [5.74, 6) is 1.17. The molecule has 0 bridgehead atoms. The highest BCUT2D eigenvalue weighted by molar-refractivity contribution is 5.80. The molecule has 0 unspecified atom stereocenters. The molecule has 0 aromatic heterocycles. The van der Waals surface area contributed by atoms with Crippen LogP contribution in [0.25, 0.3) is 0 Å². The highest BCUT2D eigenvalue weighted by Crippen LogP contribution is 2.25. The van der Waals surface area contributed by atoms with Gasteiger partial charge >= 0.3 is 6.03 Å². The lowest BCUT2D eigenvalue weighted by atomic mass is 9.97. The van der Waals surface area contributed by atoms with Gasteiger partial charge in [0.05, 0.1) is 20.1 Å². The van der Waals surface area contributed by atoms with Crippen molar-refractivity contribution in [3.8, 4) is 11.5 Å². The molecule has 1 N–H and O–H groups in total. The monoisotopic (exact) mass is 349 g/mol. The van der Waals surface area contributed by atoms with Gasteiger partial charge in [-0.2, -0.15) is 0 Å². The Hall–Kier alpha value is -2.44. The Kier molecular flexibility index (Phi) is 6.50. The van der Waals surface area contributed by atoms with Crippen molar-refractivity contribution in [2.24, 2.45) is 5.92 Å². The Bertz CT molecular complexity index is 618. The maximum absolute atomic E-state index is 12.5. The Morgan fingerprint density at radius 2 is 2.04 bits per heavy atom. The minimum absolute atomic E-state index is 0.0332. The number of urea groups is 1. The molecule has 1 atom stereocenters. The van der Waals surface area contributed by atoms with Crippen molar-refractivity contribution in [1.29, 1.82) is 0 Å². The van der Waals surface area contributed by atoms with Crippen LogP contribution in [0, 0.1) is 5.92 Å². The number of carbonyl (C=O) groups excluding carboxylic acids is 2. The highest BCUT2D eigenvalue weighted by atomic mass is 16.5. The van der Waals surface area contributed by atoms with Gasteiger partial charge < -0.3 is 24.6 Å². The van der Waals surface area contributed by atoms with Gasteiger partial charge in [-0.15, -0.1) is 0 Å². The maximum Gasteiger partial charge on any atom is 0.319 e. The quantitative estimate of drug-likeness (QED) is 0.879. The summed E-state index contributed by atoms with van der Waals surface area (Å²) < 4.78 is 10.5. The van der Waals surface area contributed by atoms with Crippen LogP contribution in [0.3, 0.4) is 0 Å². The van der Waals surface area contributed by atoms with Gasteiger partial charge in [-0.3, -0.25) is 4.79 Å². The SMILES string of the molecule is COc1ccc(CNC(=O)[C@H]2CCCN(C(=O)N(C)C)C2)c(OC)c1. The van der Waals surface area contributed by atoms with Crippen molar-refractivity contribution >= 4 is 11.9 Å². The van der Waals surface area contributed by atoms with Gasteiger partial charge in [-0.25, -0.2) is 4.79 Å². The van der Waals surface area contributed by atoms with E-state index in [9.17, 15) is 9.59 Å². The zero-order valence-electron chi connectivity index (χ0n) is 15.4. The summed E-state index contributed by atoms with van der Waals surface area (Å²) in [6, 6.07) is 5.46. The number of methoxy groups -OCH3 is 2. The Morgan fingerprint density at radius 1 is 1.28 bits per heavy atom. The number of hydrogen-bond acceptors (Lipinski definition) is 4. The van der Waals surface area contributed by atoms with Crippen molar-refractivity contribution in [3.63, 3.8) is 0 Å². The largest absolute Gasteiger partial charge is 0.497 e. The van der Waals surface area contributed by atoms with Gasteiger partial charge in [0, 0.05) is 45.4 Å². The Morgan fingerprint density at radius 3 is 2.68 bits per heavy atom. The van der Waals surface area contributed by atoms with Crippen LogP contribution in [0.4, 0.5) is 4.79 Å². The van der Waals surface area contributed by atoms with Crippen molar-refractivity contribution < 1.29 is 19.1 Å². The fourth-order valence-electron chi connectivity index (χ4n) is 2.97. The van der Waals surface area contributed by atoms with Crippen LogP contribution in [0.15, 0.2) is 18.2 Å². The number of nitrogens with zero attached hydrogens (tertiary/aromatic N) is 2. The van der Waals surface area contributed by atoms with Gasteiger partial charge in [0.1, 0.15) is 11.5 Å². The average Bonchev–Trinajstić information content (AvgIpc) is 2.65. The second kappa shape index (κ2) is 8.60. The molecule has 1 heterocycles. The van der Waals surface area contributed by atoms with Crippen LogP contribution in [0.1, 0.15) is 18.4 Å². The molecule has 0 spiro atoms.